The average Bonchev–Trinajstić information content (AvgIpc) is 2.79. The molecule has 0 aromatic carbocycles. The van der Waals surface area contributed by atoms with Gasteiger partial charge in [0.1, 0.15) is 12.7 Å². The largest absolute Gasteiger partial charge is 0.333 e. The molecule has 0 saturated carbocycles. The molecule has 8 nitrogen and oxygen atoms in total. The summed E-state index contributed by atoms with van der Waals surface area (Å²) in [5, 5.41) is 8.59. The Hall–Kier alpha value is -1.84. The van der Waals surface area contributed by atoms with E-state index in [1.807, 2.05) is 0 Å². The monoisotopic (exact) mass is 255 g/mol. The van der Waals surface area contributed by atoms with Gasteiger partial charge >= 0.3 is 10.3 Å². The van der Waals surface area contributed by atoms with Crippen molar-refractivity contribution >= 4 is 10.3 Å². The molecule has 0 spiro atoms. The summed E-state index contributed by atoms with van der Waals surface area (Å²) in [6.45, 7) is -0.149. The predicted molar refractivity (Wildman–Crippen MR) is 57.1 cm³/mol. The van der Waals surface area contributed by atoms with Gasteiger partial charge in [0.2, 0.25) is 0 Å². The molecule has 0 bridgehead atoms. The Balaban J connectivity index is 2.09. The normalized spacial score (nSPS) is 11.6. The van der Waals surface area contributed by atoms with Gasteiger partial charge in [-0.05, 0) is 11.6 Å². The lowest BCUT2D eigenvalue weighted by atomic mass is 10.3. The zero-order chi connectivity index (χ0) is 12.3. The number of rotatable bonds is 4. The number of aromatic nitrogens is 4. The van der Waals surface area contributed by atoms with Crippen molar-refractivity contribution in [2.45, 2.75) is 6.61 Å². The van der Waals surface area contributed by atoms with Crippen molar-refractivity contribution in [2.75, 3.05) is 0 Å². The van der Waals surface area contributed by atoms with Crippen LogP contribution < -0.4 is 5.14 Å². The molecule has 90 valence electrons. The van der Waals surface area contributed by atoms with Gasteiger partial charge in [-0.1, -0.05) is 6.07 Å². The van der Waals surface area contributed by atoms with E-state index in [2.05, 4.69) is 19.2 Å². The zero-order valence-corrected chi connectivity index (χ0v) is 9.41. The van der Waals surface area contributed by atoms with Crippen LogP contribution in [-0.4, -0.2) is 28.2 Å². The van der Waals surface area contributed by atoms with E-state index in [0.717, 1.165) is 0 Å². The van der Waals surface area contributed by atoms with Crippen molar-refractivity contribution in [1.82, 2.24) is 19.7 Å². The Bertz CT molecular complexity index is 578. The smallest absolute Gasteiger partial charge is 0.253 e. The van der Waals surface area contributed by atoms with Crippen molar-refractivity contribution in [3.05, 3.63) is 36.5 Å². The van der Waals surface area contributed by atoms with Crippen molar-refractivity contribution in [1.29, 1.82) is 0 Å². The van der Waals surface area contributed by atoms with Gasteiger partial charge in [0.25, 0.3) is 0 Å². The van der Waals surface area contributed by atoms with Gasteiger partial charge in [-0.2, -0.15) is 13.5 Å². The highest BCUT2D eigenvalue weighted by Crippen LogP contribution is 2.05. The Morgan fingerprint density at radius 1 is 1.41 bits per heavy atom. The molecular formula is C8H9N5O3S. The Morgan fingerprint density at radius 2 is 2.24 bits per heavy atom. The molecule has 0 fully saturated rings. The van der Waals surface area contributed by atoms with Crippen molar-refractivity contribution in [3.63, 3.8) is 0 Å². The molecule has 0 atom stereocenters. The molecule has 0 saturated heterocycles. The predicted octanol–water partition coefficient (Wildman–Crippen LogP) is -0.618. The van der Waals surface area contributed by atoms with Crippen LogP contribution in [0.1, 0.15) is 5.56 Å². The Labute approximate surface area is 97.3 Å². The SMILES string of the molecule is NS(=O)(=O)OCc1ccc(-n2cncn2)nc1. The zero-order valence-electron chi connectivity index (χ0n) is 8.59. The van der Waals surface area contributed by atoms with Gasteiger partial charge in [-0.25, -0.2) is 19.8 Å². The topological polar surface area (TPSA) is 113 Å². The molecule has 17 heavy (non-hydrogen) atoms. The number of nitrogens with zero attached hydrogens (tertiary/aromatic N) is 4. The fraction of sp³-hybridized carbons (Fsp3) is 0.125. The summed E-state index contributed by atoms with van der Waals surface area (Å²) >= 11 is 0. The van der Waals surface area contributed by atoms with Gasteiger partial charge < -0.3 is 0 Å². The first-order valence-corrected chi connectivity index (χ1v) is 5.99. The van der Waals surface area contributed by atoms with E-state index in [-0.39, 0.29) is 6.61 Å². The van der Waals surface area contributed by atoms with E-state index in [0.29, 0.717) is 11.4 Å². The summed E-state index contributed by atoms with van der Waals surface area (Å²) in [5.74, 6) is 0.571. The lowest BCUT2D eigenvalue weighted by molar-refractivity contribution is 0.308. The van der Waals surface area contributed by atoms with Gasteiger partial charge in [0.15, 0.2) is 5.82 Å². The van der Waals surface area contributed by atoms with E-state index in [1.54, 1.807) is 12.1 Å². The van der Waals surface area contributed by atoms with E-state index in [9.17, 15) is 8.42 Å². The third-order valence-corrected chi connectivity index (χ3v) is 2.30. The summed E-state index contributed by atoms with van der Waals surface area (Å²) in [4.78, 5) is 7.85. The molecular weight excluding hydrogens is 246 g/mol. The first-order chi connectivity index (χ1) is 8.04. The van der Waals surface area contributed by atoms with Crippen molar-refractivity contribution in [2.24, 2.45) is 5.14 Å². The maximum atomic E-state index is 10.6. The van der Waals surface area contributed by atoms with Crippen LogP contribution in [0.25, 0.3) is 5.82 Å². The minimum Gasteiger partial charge on any atom is -0.253 e. The van der Waals surface area contributed by atoms with Crippen LogP contribution in [0, 0.1) is 0 Å². The van der Waals surface area contributed by atoms with Crippen LogP contribution in [0.4, 0.5) is 0 Å². The molecule has 2 N–H and O–H groups in total. The molecule has 2 aromatic heterocycles. The van der Waals surface area contributed by atoms with Gasteiger partial charge in [0.05, 0.1) is 6.61 Å². The minimum absolute atomic E-state index is 0.149. The molecule has 0 radical (unpaired) electrons. The van der Waals surface area contributed by atoms with Crippen LogP contribution in [0.2, 0.25) is 0 Å². The number of pyridine rings is 1. The molecule has 2 heterocycles. The quantitative estimate of drug-likeness (QED) is 0.779. The minimum atomic E-state index is -3.93. The fourth-order valence-corrected chi connectivity index (χ4v) is 1.41. The molecule has 0 aliphatic carbocycles. The molecule has 2 aromatic rings. The molecule has 9 heteroatoms. The first-order valence-electron chi connectivity index (χ1n) is 4.52. The van der Waals surface area contributed by atoms with Crippen molar-refractivity contribution < 1.29 is 12.6 Å². The third kappa shape index (κ3) is 3.31. The molecule has 0 amide bonds. The summed E-state index contributed by atoms with van der Waals surface area (Å²) in [7, 11) is -3.93. The van der Waals surface area contributed by atoms with Gasteiger partial charge in [-0.3, -0.25) is 4.18 Å². The molecule has 0 aliphatic heterocycles. The van der Waals surface area contributed by atoms with Crippen LogP contribution >= 0.6 is 0 Å². The average molecular weight is 255 g/mol. The van der Waals surface area contributed by atoms with E-state index in [1.165, 1.54) is 23.5 Å². The number of nitrogens with two attached hydrogens (primary N) is 1. The summed E-state index contributed by atoms with van der Waals surface area (Å²) in [5.41, 5.74) is 0.586. The third-order valence-electron chi connectivity index (χ3n) is 1.85. The fourth-order valence-electron chi connectivity index (χ4n) is 1.11. The maximum absolute atomic E-state index is 10.6. The number of hydrogen-bond donors (Lipinski definition) is 1. The van der Waals surface area contributed by atoms with Crippen LogP contribution in [0.3, 0.4) is 0 Å². The van der Waals surface area contributed by atoms with Gasteiger partial charge in [0, 0.05) is 6.20 Å². The summed E-state index contributed by atoms with van der Waals surface area (Å²) in [6, 6.07) is 3.33. The summed E-state index contributed by atoms with van der Waals surface area (Å²) < 4.78 is 27.0. The van der Waals surface area contributed by atoms with E-state index >= 15 is 0 Å². The number of hydrogen-bond acceptors (Lipinski definition) is 6. The van der Waals surface area contributed by atoms with Crippen molar-refractivity contribution in [3.8, 4) is 5.82 Å². The second kappa shape index (κ2) is 4.57. The van der Waals surface area contributed by atoms with Gasteiger partial charge in [-0.15, -0.1) is 0 Å². The lowest BCUT2D eigenvalue weighted by Gasteiger charge is -2.02. The molecule has 0 unspecified atom stereocenters. The van der Waals surface area contributed by atoms with Crippen LogP contribution in [-0.2, 0) is 21.1 Å². The standard InChI is InChI=1S/C8H9N5O3S/c9-17(14,15)16-4-7-1-2-8(11-3-7)13-6-10-5-12-13/h1-3,5-6H,4H2,(H2,9,14,15). The van der Waals surface area contributed by atoms with Crippen LogP contribution in [0.5, 0.6) is 0 Å². The highest BCUT2D eigenvalue weighted by Gasteiger charge is 2.04. The van der Waals surface area contributed by atoms with E-state index < -0.39 is 10.3 Å². The first kappa shape index (κ1) is 11.6. The second-order valence-corrected chi connectivity index (χ2v) is 4.34. The maximum Gasteiger partial charge on any atom is 0.333 e. The Morgan fingerprint density at radius 3 is 2.76 bits per heavy atom. The highest BCUT2D eigenvalue weighted by molar-refractivity contribution is 7.84. The molecule has 0 aliphatic rings. The van der Waals surface area contributed by atoms with Crippen LogP contribution in [0.15, 0.2) is 31.0 Å². The molecule has 2 rings (SSSR count). The lowest BCUT2D eigenvalue weighted by Crippen LogP contribution is -2.15. The highest BCUT2D eigenvalue weighted by atomic mass is 32.2. The second-order valence-electron chi connectivity index (χ2n) is 3.12. The Kier molecular flexibility index (Phi) is 3.13. The van der Waals surface area contributed by atoms with E-state index in [4.69, 9.17) is 5.14 Å². The summed E-state index contributed by atoms with van der Waals surface area (Å²) in [6.07, 6.45) is 4.37.